The Morgan fingerprint density at radius 3 is 2.79 bits per heavy atom. The molecule has 1 heterocycles. The molecular weight excluding hydrogens is 174 g/mol. The Balaban J connectivity index is 2.22. The molecule has 2 unspecified atom stereocenters. The first-order valence-corrected chi connectivity index (χ1v) is 5.70. The second kappa shape index (κ2) is 3.76. The zero-order valence-corrected chi connectivity index (χ0v) is 9.07. The topological polar surface area (TPSA) is 20.3 Å². The molecule has 14 heavy (non-hydrogen) atoms. The average Bonchev–Trinajstić information content (AvgIpc) is 2.17. The first-order chi connectivity index (χ1) is 6.70. The molecule has 2 nitrogen and oxygen atoms in total. The van der Waals surface area contributed by atoms with Gasteiger partial charge in [-0.15, -0.1) is 0 Å². The number of carbonyl (C=O) groups excluding carboxylic acids is 1. The van der Waals surface area contributed by atoms with E-state index in [1.807, 2.05) is 0 Å². The molecule has 2 rings (SSSR count). The van der Waals surface area contributed by atoms with Gasteiger partial charge in [0.05, 0.1) is 0 Å². The van der Waals surface area contributed by atoms with Crippen molar-refractivity contribution in [1.29, 1.82) is 0 Å². The van der Waals surface area contributed by atoms with Gasteiger partial charge >= 0.3 is 0 Å². The molecule has 2 aliphatic rings. The Bertz CT molecular complexity index is 257. The van der Waals surface area contributed by atoms with Gasteiger partial charge in [0.2, 0.25) is 5.91 Å². The minimum Gasteiger partial charge on any atom is -0.333 e. The summed E-state index contributed by atoms with van der Waals surface area (Å²) < 4.78 is 0. The summed E-state index contributed by atoms with van der Waals surface area (Å²) >= 11 is 0. The molecular formula is C12H19NO. The van der Waals surface area contributed by atoms with E-state index in [1.54, 1.807) is 6.08 Å². The van der Waals surface area contributed by atoms with E-state index in [0.717, 1.165) is 0 Å². The summed E-state index contributed by atoms with van der Waals surface area (Å²) in [6, 6.07) is 0.833. The van der Waals surface area contributed by atoms with Gasteiger partial charge in [0.1, 0.15) is 0 Å². The molecule has 1 aliphatic heterocycles. The predicted octanol–water partition coefficient (Wildman–Crippen LogP) is 2.35. The fraction of sp³-hybridized carbons (Fsp3) is 0.750. The molecule has 2 heteroatoms. The standard InChI is InChI=1S/C12H19NO/c1-9(2)13-11-6-4-3-5-10(11)7-8-12(13)14/h7-11H,3-6H2,1-2H3. The molecule has 0 saturated heterocycles. The first-order valence-electron chi connectivity index (χ1n) is 5.70. The zero-order valence-electron chi connectivity index (χ0n) is 9.07. The highest BCUT2D eigenvalue weighted by molar-refractivity contribution is 5.89. The van der Waals surface area contributed by atoms with E-state index in [0.29, 0.717) is 18.0 Å². The van der Waals surface area contributed by atoms with Crippen LogP contribution in [0.2, 0.25) is 0 Å². The van der Waals surface area contributed by atoms with Crippen molar-refractivity contribution in [3.05, 3.63) is 12.2 Å². The number of carbonyl (C=O) groups is 1. The maximum absolute atomic E-state index is 11.7. The number of fused-ring (bicyclic) bond motifs is 1. The van der Waals surface area contributed by atoms with Crippen LogP contribution < -0.4 is 0 Å². The largest absolute Gasteiger partial charge is 0.333 e. The number of nitrogens with zero attached hydrogens (tertiary/aromatic N) is 1. The van der Waals surface area contributed by atoms with Crippen LogP contribution in [-0.2, 0) is 4.79 Å². The summed E-state index contributed by atoms with van der Waals surface area (Å²) in [6.07, 6.45) is 8.96. The maximum atomic E-state index is 11.7. The summed E-state index contributed by atoms with van der Waals surface area (Å²) in [5, 5.41) is 0. The molecule has 0 aromatic heterocycles. The molecule has 0 radical (unpaired) electrons. The third-order valence-corrected chi connectivity index (χ3v) is 3.44. The van der Waals surface area contributed by atoms with Gasteiger partial charge in [-0.1, -0.05) is 18.9 Å². The summed E-state index contributed by atoms with van der Waals surface area (Å²) in [5.74, 6) is 0.840. The van der Waals surface area contributed by atoms with E-state index in [9.17, 15) is 4.79 Å². The van der Waals surface area contributed by atoms with E-state index in [4.69, 9.17) is 0 Å². The molecule has 1 saturated carbocycles. The van der Waals surface area contributed by atoms with Crippen molar-refractivity contribution in [3.8, 4) is 0 Å². The number of amides is 1. The number of hydrogen-bond donors (Lipinski definition) is 0. The molecule has 1 aliphatic carbocycles. The maximum Gasteiger partial charge on any atom is 0.246 e. The monoisotopic (exact) mass is 193 g/mol. The van der Waals surface area contributed by atoms with Gasteiger partial charge in [0.15, 0.2) is 0 Å². The molecule has 78 valence electrons. The number of hydrogen-bond acceptors (Lipinski definition) is 1. The highest BCUT2D eigenvalue weighted by Gasteiger charge is 2.34. The summed E-state index contributed by atoms with van der Waals surface area (Å²) in [7, 11) is 0. The zero-order chi connectivity index (χ0) is 10.1. The van der Waals surface area contributed by atoms with Crippen molar-refractivity contribution in [1.82, 2.24) is 4.90 Å². The Labute approximate surface area is 86.0 Å². The van der Waals surface area contributed by atoms with Crippen molar-refractivity contribution < 1.29 is 4.79 Å². The van der Waals surface area contributed by atoms with E-state index >= 15 is 0 Å². The molecule has 2 atom stereocenters. The van der Waals surface area contributed by atoms with Crippen molar-refractivity contribution in [3.63, 3.8) is 0 Å². The lowest BCUT2D eigenvalue weighted by Gasteiger charge is -2.43. The molecule has 0 aromatic rings. The van der Waals surface area contributed by atoms with Gasteiger partial charge in [0.25, 0.3) is 0 Å². The van der Waals surface area contributed by atoms with Crippen LogP contribution in [0.4, 0.5) is 0 Å². The third kappa shape index (κ3) is 1.58. The normalized spacial score (nSPS) is 32.2. The summed E-state index contributed by atoms with van der Waals surface area (Å²) in [4.78, 5) is 13.8. The minimum absolute atomic E-state index is 0.211. The predicted molar refractivity (Wildman–Crippen MR) is 56.9 cm³/mol. The second-order valence-electron chi connectivity index (χ2n) is 4.71. The Morgan fingerprint density at radius 2 is 2.07 bits per heavy atom. The smallest absolute Gasteiger partial charge is 0.246 e. The minimum atomic E-state index is 0.211. The third-order valence-electron chi connectivity index (χ3n) is 3.44. The molecule has 0 N–H and O–H groups in total. The van der Waals surface area contributed by atoms with Crippen LogP contribution in [0.3, 0.4) is 0 Å². The quantitative estimate of drug-likeness (QED) is 0.626. The Kier molecular flexibility index (Phi) is 2.62. The SMILES string of the molecule is CC(C)N1C(=O)C=CC2CCCCC21. The lowest BCUT2D eigenvalue weighted by atomic mass is 9.81. The van der Waals surface area contributed by atoms with E-state index in [-0.39, 0.29) is 5.91 Å². The van der Waals surface area contributed by atoms with Crippen LogP contribution in [0, 0.1) is 5.92 Å². The lowest BCUT2D eigenvalue weighted by Crippen LogP contribution is -2.50. The van der Waals surface area contributed by atoms with Gasteiger partial charge in [-0.25, -0.2) is 0 Å². The molecule has 0 bridgehead atoms. The van der Waals surface area contributed by atoms with Crippen molar-refractivity contribution in [2.45, 2.75) is 51.6 Å². The molecule has 1 amide bonds. The van der Waals surface area contributed by atoms with Crippen molar-refractivity contribution in [2.24, 2.45) is 5.92 Å². The average molecular weight is 193 g/mol. The van der Waals surface area contributed by atoms with Gasteiger partial charge in [-0.2, -0.15) is 0 Å². The molecule has 0 aromatic carbocycles. The van der Waals surface area contributed by atoms with Crippen LogP contribution >= 0.6 is 0 Å². The Hall–Kier alpha value is -0.790. The van der Waals surface area contributed by atoms with Gasteiger partial charge in [-0.05, 0) is 38.7 Å². The van der Waals surface area contributed by atoms with E-state index in [2.05, 4.69) is 24.8 Å². The van der Waals surface area contributed by atoms with Crippen LogP contribution in [0.25, 0.3) is 0 Å². The highest BCUT2D eigenvalue weighted by atomic mass is 16.2. The van der Waals surface area contributed by atoms with Crippen molar-refractivity contribution in [2.75, 3.05) is 0 Å². The summed E-state index contributed by atoms with van der Waals surface area (Å²) in [5.41, 5.74) is 0. The fourth-order valence-corrected chi connectivity index (χ4v) is 2.80. The van der Waals surface area contributed by atoms with Crippen LogP contribution in [-0.4, -0.2) is 22.9 Å². The van der Waals surface area contributed by atoms with Crippen LogP contribution in [0.15, 0.2) is 12.2 Å². The Morgan fingerprint density at radius 1 is 1.36 bits per heavy atom. The van der Waals surface area contributed by atoms with Gasteiger partial charge in [0, 0.05) is 12.1 Å². The van der Waals surface area contributed by atoms with E-state index < -0.39 is 0 Å². The first kappa shape index (κ1) is 9.75. The molecule has 0 spiro atoms. The number of rotatable bonds is 1. The van der Waals surface area contributed by atoms with Gasteiger partial charge in [-0.3, -0.25) is 4.79 Å². The van der Waals surface area contributed by atoms with Gasteiger partial charge < -0.3 is 4.90 Å². The van der Waals surface area contributed by atoms with Crippen LogP contribution in [0.1, 0.15) is 39.5 Å². The molecule has 1 fully saturated rings. The lowest BCUT2D eigenvalue weighted by molar-refractivity contribution is -0.133. The van der Waals surface area contributed by atoms with Crippen molar-refractivity contribution >= 4 is 5.91 Å². The fourth-order valence-electron chi connectivity index (χ4n) is 2.80. The van der Waals surface area contributed by atoms with Crippen LogP contribution in [0.5, 0.6) is 0 Å². The second-order valence-corrected chi connectivity index (χ2v) is 4.71. The highest BCUT2D eigenvalue weighted by Crippen LogP contribution is 2.33. The summed E-state index contributed by atoms with van der Waals surface area (Å²) in [6.45, 7) is 4.23. The van der Waals surface area contributed by atoms with E-state index in [1.165, 1.54) is 25.7 Å².